The van der Waals surface area contributed by atoms with Gasteiger partial charge >= 0.3 is 0 Å². The van der Waals surface area contributed by atoms with Crippen LogP contribution >= 0.6 is 0 Å². The van der Waals surface area contributed by atoms with Gasteiger partial charge in [0, 0.05) is 6.61 Å². The lowest BCUT2D eigenvalue weighted by atomic mass is 10.1. The average Bonchev–Trinajstić information content (AvgIpc) is 2.39. The lowest BCUT2D eigenvalue weighted by Crippen LogP contribution is -1.81. The van der Waals surface area contributed by atoms with Gasteiger partial charge in [0.15, 0.2) is 0 Å². The van der Waals surface area contributed by atoms with E-state index in [1.54, 1.807) is 0 Å². The lowest BCUT2D eigenvalue weighted by Gasteiger charge is -2.00. The third-order valence-electron chi connectivity index (χ3n) is 3.42. The average molecular weight is 254 g/mol. The van der Waals surface area contributed by atoms with Gasteiger partial charge in [0.25, 0.3) is 0 Å². The summed E-state index contributed by atoms with van der Waals surface area (Å²) in [6.45, 7) is 2.61. The Hall–Kier alpha value is -0.300. The fourth-order valence-corrected chi connectivity index (χ4v) is 2.18. The van der Waals surface area contributed by atoms with Crippen LogP contribution in [-0.2, 0) is 0 Å². The quantitative estimate of drug-likeness (QED) is 0.315. The molecule has 0 aromatic rings. The molecule has 1 heteroatoms. The highest BCUT2D eigenvalue weighted by molar-refractivity contribution is 4.81. The van der Waals surface area contributed by atoms with Crippen molar-refractivity contribution in [2.75, 3.05) is 6.61 Å². The predicted octanol–water partition coefficient (Wildman–Crippen LogP) is 5.63. The minimum Gasteiger partial charge on any atom is -0.396 e. The first-order valence-corrected chi connectivity index (χ1v) is 8.17. The van der Waals surface area contributed by atoms with Crippen LogP contribution in [0.4, 0.5) is 0 Å². The van der Waals surface area contributed by atoms with Crippen molar-refractivity contribution in [1.29, 1.82) is 0 Å². The van der Waals surface area contributed by atoms with Crippen LogP contribution in [0.1, 0.15) is 90.4 Å². The van der Waals surface area contributed by atoms with Crippen LogP contribution in [0.2, 0.25) is 0 Å². The molecule has 0 heterocycles. The fraction of sp³-hybridized carbons (Fsp3) is 0.882. The van der Waals surface area contributed by atoms with E-state index in [0.29, 0.717) is 6.61 Å². The third-order valence-corrected chi connectivity index (χ3v) is 3.42. The second-order valence-corrected chi connectivity index (χ2v) is 5.31. The van der Waals surface area contributed by atoms with E-state index in [1.165, 1.54) is 64.2 Å². The molecular weight excluding hydrogens is 220 g/mol. The molecule has 0 bridgehead atoms. The van der Waals surface area contributed by atoms with Crippen molar-refractivity contribution in [1.82, 2.24) is 0 Å². The van der Waals surface area contributed by atoms with Gasteiger partial charge in [0.2, 0.25) is 0 Å². The van der Waals surface area contributed by atoms with Gasteiger partial charge in [-0.3, -0.25) is 0 Å². The minimum absolute atomic E-state index is 0.339. The van der Waals surface area contributed by atoms with E-state index in [0.717, 1.165) is 19.3 Å². The number of allylic oxidation sites excluding steroid dienone is 2. The Bertz CT molecular complexity index is 163. The van der Waals surface area contributed by atoms with Gasteiger partial charge in [-0.15, -0.1) is 0 Å². The molecule has 1 nitrogen and oxygen atoms in total. The maximum absolute atomic E-state index is 8.63. The Morgan fingerprint density at radius 1 is 0.611 bits per heavy atom. The van der Waals surface area contributed by atoms with Crippen molar-refractivity contribution in [2.24, 2.45) is 0 Å². The standard InChI is InChI=1S/C17H34O/c1-2-3-4-5-6-7-8-9-10-11-12-13-14-15-16-17-18/h12-13,18H,2-11,14-17H2,1H3. The molecule has 1 N–H and O–H groups in total. The van der Waals surface area contributed by atoms with E-state index < -0.39 is 0 Å². The van der Waals surface area contributed by atoms with E-state index in [4.69, 9.17) is 5.11 Å². The molecular formula is C17H34O. The van der Waals surface area contributed by atoms with E-state index >= 15 is 0 Å². The molecule has 0 atom stereocenters. The molecule has 0 aromatic carbocycles. The summed E-state index contributed by atoms with van der Waals surface area (Å²) in [4.78, 5) is 0. The molecule has 0 fully saturated rings. The number of aliphatic hydroxyl groups excluding tert-OH is 1. The van der Waals surface area contributed by atoms with Crippen molar-refractivity contribution in [3.63, 3.8) is 0 Å². The molecule has 0 spiro atoms. The SMILES string of the molecule is CCCCCCCCCCCC=CCCCCO. The molecule has 0 unspecified atom stereocenters. The van der Waals surface area contributed by atoms with Crippen LogP contribution in [-0.4, -0.2) is 11.7 Å². The first kappa shape index (κ1) is 17.7. The molecule has 0 aliphatic heterocycles. The summed E-state index contributed by atoms with van der Waals surface area (Å²) in [7, 11) is 0. The maximum atomic E-state index is 8.63. The molecule has 0 amide bonds. The van der Waals surface area contributed by atoms with Crippen molar-refractivity contribution in [3.8, 4) is 0 Å². The van der Waals surface area contributed by atoms with E-state index in [2.05, 4.69) is 19.1 Å². The molecule has 0 aromatic heterocycles. The van der Waals surface area contributed by atoms with Gasteiger partial charge in [0.1, 0.15) is 0 Å². The third kappa shape index (κ3) is 15.7. The minimum atomic E-state index is 0.339. The highest BCUT2D eigenvalue weighted by Crippen LogP contribution is 2.10. The van der Waals surface area contributed by atoms with Crippen molar-refractivity contribution >= 4 is 0 Å². The van der Waals surface area contributed by atoms with Crippen LogP contribution in [0.5, 0.6) is 0 Å². The molecule has 0 aliphatic rings. The van der Waals surface area contributed by atoms with E-state index in [1.807, 2.05) is 0 Å². The Labute approximate surface area is 115 Å². The van der Waals surface area contributed by atoms with E-state index in [-0.39, 0.29) is 0 Å². The van der Waals surface area contributed by atoms with E-state index in [9.17, 15) is 0 Å². The zero-order valence-electron chi connectivity index (χ0n) is 12.5. The zero-order chi connectivity index (χ0) is 13.3. The van der Waals surface area contributed by atoms with Crippen molar-refractivity contribution in [3.05, 3.63) is 12.2 Å². The summed E-state index contributed by atoms with van der Waals surface area (Å²) in [5, 5.41) is 8.63. The van der Waals surface area contributed by atoms with Gasteiger partial charge in [-0.05, 0) is 32.1 Å². The lowest BCUT2D eigenvalue weighted by molar-refractivity contribution is 0.285. The van der Waals surface area contributed by atoms with Crippen molar-refractivity contribution in [2.45, 2.75) is 90.4 Å². The first-order chi connectivity index (χ1) is 8.91. The van der Waals surface area contributed by atoms with Gasteiger partial charge in [0.05, 0.1) is 0 Å². The number of hydrogen-bond acceptors (Lipinski definition) is 1. The number of hydrogen-bond donors (Lipinski definition) is 1. The topological polar surface area (TPSA) is 20.2 Å². The Kier molecular flexibility index (Phi) is 16.4. The highest BCUT2D eigenvalue weighted by atomic mass is 16.2. The van der Waals surface area contributed by atoms with Crippen LogP contribution in [0.3, 0.4) is 0 Å². The Morgan fingerprint density at radius 2 is 1.06 bits per heavy atom. The second-order valence-electron chi connectivity index (χ2n) is 5.31. The summed E-state index contributed by atoms with van der Waals surface area (Å²) in [6, 6.07) is 0. The van der Waals surface area contributed by atoms with Crippen LogP contribution in [0.15, 0.2) is 12.2 Å². The van der Waals surface area contributed by atoms with Crippen LogP contribution in [0, 0.1) is 0 Å². The summed E-state index contributed by atoms with van der Waals surface area (Å²) in [5.41, 5.74) is 0. The van der Waals surface area contributed by atoms with Gasteiger partial charge in [-0.25, -0.2) is 0 Å². The highest BCUT2D eigenvalue weighted by Gasteiger charge is 1.91. The van der Waals surface area contributed by atoms with Crippen molar-refractivity contribution < 1.29 is 5.11 Å². The monoisotopic (exact) mass is 254 g/mol. The normalized spacial score (nSPS) is 11.4. The molecule has 0 aliphatic carbocycles. The molecule has 0 rings (SSSR count). The summed E-state index contributed by atoms with van der Waals surface area (Å²) < 4.78 is 0. The smallest absolute Gasteiger partial charge is 0.0431 e. The summed E-state index contributed by atoms with van der Waals surface area (Å²) in [5.74, 6) is 0. The maximum Gasteiger partial charge on any atom is 0.0431 e. The molecule has 0 saturated carbocycles. The largest absolute Gasteiger partial charge is 0.396 e. The number of unbranched alkanes of at least 4 members (excludes halogenated alkanes) is 11. The predicted molar refractivity (Wildman–Crippen MR) is 81.9 cm³/mol. The number of rotatable bonds is 14. The molecule has 108 valence electrons. The Morgan fingerprint density at radius 3 is 1.56 bits per heavy atom. The zero-order valence-corrected chi connectivity index (χ0v) is 12.5. The summed E-state index contributed by atoms with van der Waals surface area (Å²) >= 11 is 0. The van der Waals surface area contributed by atoms with Gasteiger partial charge in [-0.2, -0.15) is 0 Å². The first-order valence-electron chi connectivity index (χ1n) is 8.17. The molecule has 0 radical (unpaired) electrons. The second kappa shape index (κ2) is 16.7. The van der Waals surface area contributed by atoms with Crippen LogP contribution < -0.4 is 0 Å². The fourth-order valence-electron chi connectivity index (χ4n) is 2.18. The van der Waals surface area contributed by atoms with Gasteiger partial charge in [-0.1, -0.05) is 70.4 Å². The number of aliphatic hydroxyl groups is 1. The molecule has 0 saturated heterocycles. The molecule has 18 heavy (non-hydrogen) atoms. The van der Waals surface area contributed by atoms with Crippen LogP contribution in [0.25, 0.3) is 0 Å². The van der Waals surface area contributed by atoms with Gasteiger partial charge < -0.3 is 5.11 Å². The Balaban J connectivity index is 2.98. The summed E-state index contributed by atoms with van der Waals surface area (Å²) in [6.07, 6.45) is 21.8.